The number of nitrogens with zero attached hydrogens (tertiary/aromatic N) is 3. The molecule has 2 rings (SSSR count). The lowest BCUT2D eigenvalue weighted by Crippen LogP contribution is -2.42. The summed E-state index contributed by atoms with van der Waals surface area (Å²) in [6.45, 7) is 7.81. The van der Waals surface area contributed by atoms with Gasteiger partial charge in [-0.3, -0.25) is 0 Å². The molecule has 0 spiro atoms. The minimum Gasteiger partial charge on any atom is -0.384 e. The second-order valence-corrected chi connectivity index (χ2v) is 3.83. The van der Waals surface area contributed by atoms with Gasteiger partial charge in [-0.05, 0) is 6.92 Å². The number of rotatable bonds is 2. The van der Waals surface area contributed by atoms with Crippen molar-refractivity contribution in [2.75, 3.05) is 30.3 Å². The summed E-state index contributed by atoms with van der Waals surface area (Å²) in [5.41, 5.74) is 6.58. The standard InChI is InChI=1S/C11H16N4O/c1-3-9-7-15(4-5-16-9)11-13-8(2)6-10(12)14-11/h3,6,9H,1,4-5,7H2,2H3,(H2,12,13,14)/t9-/m0/s1. The summed E-state index contributed by atoms with van der Waals surface area (Å²) in [7, 11) is 0. The first-order valence-electron chi connectivity index (χ1n) is 5.29. The van der Waals surface area contributed by atoms with Crippen LogP contribution in [0.25, 0.3) is 0 Å². The molecule has 0 aromatic carbocycles. The molecule has 0 radical (unpaired) electrons. The Hall–Kier alpha value is -1.62. The molecular weight excluding hydrogens is 204 g/mol. The van der Waals surface area contributed by atoms with Crippen LogP contribution in [-0.2, 0) is 4.74 Å². The van der Waals surface area contributed by atoms with Crippen molar-refractivity contribution in [1.29, 1.82) is 0 Å². The molecule has 2 N–H and O–H groups in total. The summed E-state index contributed by atoms with van der Waals surface area (Å²) in [4.78, 5) is 10.7. The summed E-state index contributed by atoms with van der Waals surface area (Å²) in [6, 6.07) is 1.76. The number of aromatic nitrogens is 2. The van der Waals surface area contributed by atoms with Crippen molar-refractivity contribution < 1.29 is 4.74 Å². The third-order valence-corrected chi connectivity index (χ3v) is 2.50. The van der Waals surface area contributed by atoms with Crippen LogP contribution in [0.15, 0.2) is 18.7 Å². The molecule has 16 heavy (non-hydrogen) atoms. The lowest BCUT2D eigenvalue weighted by Gasteiger charge is -2.31. The Kier molecular flexibility index (Phi) is 3.05. The molecule has 1 aromatic heterocycles. The zero-order valence-corrected chi connectivity index (χ0v) is 9.39. The van der Waals surface area contributed by atoms with Crippen molar-refractivity contribution in [3.8, 4) is 0 Å². The Balaban J connectivity index is 2.19. The van der Waals surface area contributed by atoms with Gasteiger partial charge in [-0.2, -0.15) is 4.98 Å². The fourth-order valence-electron chi connectivity index (χ4n) is 1.72. The third-order valence-electron chi connectivity index (χ3n) is 2.50. The minimum atomic E-state index is 0.0408. The van der Waals surface area contributed by atoms with Crippen LogP contribution >= 0.6 is 0 Å². The average molecular weight is 220 g/mol. The highest BCUT2D eigenvalue weighted by molar-refractivity contribution is 5.40. The number of morpholine rings is 1. The van der Waals surface area contributed by atoms with Gasteiger partial charge < -0.3 is 15.4 Å². The van der Waals surface area contributed by atoms with Crippen LogP contribution in [0.1, 0.15) is 5.69 Å². The fourth-order valence-corrected chi connectivity index (χ4v) is 1.72. The summed E-state index contributed by atoms with van der Waals surface area (Å²) in [5.74, 6) is 1.18. The zero-order valence-electron chi connectivity index (χ0n) is 9.39. The molecule has 1 fully saturated rings. The van der Waals surface area contributed by atoms with Gasteiger partial charge in [-0.25, -0.2) is 4.98 Å². The van der Waals surface area contributed by atoms with Crippen molar-refractivity contribution in [1.82, 2.24) is 9.97 Å². The molecule has 0 amide bonds. The molecule has 5 nitrogen and oxygen atoms in total. The van der Waals surface area contributed by atoms with E-state index in [1.54, 1.807) is 12.1 Å². The van der Waals surface area contributed by atoms with Crippen LogP contribution < -0.4 is 10.6 Å². The smallest absolute Gasteiger partial charge is 0.227 e. The van der Waals surface area contributed by atoms with Gasteiger partial charge >= 0.3 is 0 Å². The van der Waals surface area contributed by atoms with Gasteiger partial charge in [-0.1, -0.05) is 6.08 Å². The number of anilines is 2. The predicted octanol–water partition coefficient (Wildman–Crippen LogP) is 0.758. The van der Waals surface area contributed by atoms with Crippen molar-refractivity contribution in [3.05, 3.63) is 24.4 Å². The first-order chi connectivity index (χ1) is 7.69. The Morgan fingerprint density at radius 2 is 2.44 bits per heavy atom. The van der Waals surface area contributed by atoms with Crippen molar-refractivity contribution in [2.45, 2.75) is 13.0 Å². The van der Waals surface area contributed by atoms with E-state index in [1.807, 2.05) is 6.92 Å². The fraction of sp³-hybridized carbons (Fsp3) is 0.455. The Bertz CT molecular complexity index is 373. The first kappa shape index (κ1) is 10.9. The highest BCUT2D eigenvalue weighted by Crippen LogP contribution is 2.15. The molecule has 0 saturated carbocycles. The molecule has 0 unspecified atom stereocenters. The normalized spacial score (nSPS) is 20.8. The van der Waals surface area contributed by atoms with E-state index in [0.29, 0.717) is 18.4 Å². The molecule has 1 aliphatic rings. The molecule has 0 aliphatic carbocycles. The highest BCUT2D eigenvalue weighted by Gasteiger charge is 2.20. The summed E-state index contributed by atoms with van der Waals surface area (Å²) < 4.78 is 5.49. The number of aryl methyl sites for hydroxylation is 1. The van der Waals surface area contributed by atoms with Crippen LogP contribution in [0.3, 0.4) is 0 Å². The SMILES string of the molecule is C=C[C@H]1CN(c2nc(C)cc(N)n2)CCO1. The number of nitrogen functional groups attached to an aromatic ring is 1. The molecule has 1 atom stereocenters. The van der Waals surface area contributed by atoms with Gasteiger partial charge in [0.1, 0.15) is 5.82 Å². The molecule has 2 heterocycles. The van der Waals surface area contributed by atoms with Gasteiger partial charge in [0.05, 0.1) is 19.3 Å². The lowest BCUT2D eigenvalue weighted by molar-refractivity contribution is 0.0713. The van der Waals surface area contributed by atoms with Crippen LogP contribution in [0, 0.1) is 6.92 Å². The zero-order chi connectivity index (χ0) is 11.5. The topological polar surface area (TPSA) is 64.3 Å². The van der Waals surface area contributed by atoms with E-state index in [1.165, 1.54) is 0 Å². The molecular formula is C11H16N4O. The van der Waals surface area contributed by atoms with Gasteiger partial charge in [0, 0.05) is 18.3 Å². The number of ether oxygens (including phenoxy) is 1. The number of nitrogens with two attached hydrogens (primary N) is 1. The summed E-state index contributed by atoms with van der Waals surface area (Å²) in [5, 5.41) is 0. The van der Waals surface area contributed by atoms with Gasteiger partial charge in [0.25, 0.3) is 0 Å². The van der Waals surface area contributed by atoms with Gasteiger partial charge in [-0.15, -0.1) is 6.58 Å². The molecule has 0 bridgehead atoms. The molecule has 86 valence electrons. The molecule has 5 heteroatoms. The largest absolute Gasteiger partial charge is 0.384 e. The van der Waals surface area contributed by atoms with E-state index in [9.17, 15) is 0 Å². The second-order valence-electron chi connectivity index (χ2n) is 3.83. The quantitative estimate of drug-likeness (QED) is 0.745. The van der Waals surface area contributed by atoms with Crippen molar-refractivity contribution >= 4 is 11.8 Å². The van der Waals surface area contributed by atoms with Gasteiger partial charge in [0.15, 0.2) is 0 Å². The van der Waals surface area contributed by atoms with E-state index in [0.717, 1.165) is 18.8 Å². The first-order valence-corrected chi connectivity index (χ1v) is 5.29. The molecule has 1 saturated heterocycles. The van der Waals surface area contributed by atoms with E-state index in [4.69, 9.17) is 10.5 Å². The molecule has 1 aromatic rings. The minimum absolute atomic E-state index is 0.0408. The van der Waals surface area contributed by atoms with Crippen LogP contribution in [0.2, 0.25) is 0 Å². The maximum absolute atomic E-state index is 5.70. The van der Waals surface area contributed by atoms with E-state index in [-0.39, 0.29) is 6.10 Å². The van der Waals surface area contributed by atoms with Crippen LogP contribution in [0.5, 0.6) is 0 Å². The Labute approximate surface area is 94.9 Å². The summed E-state index contributed by atoms with van der Waals surface area (Å²) in [6.07, 6.45) is 1.84. The Morgan fingerprint density at radius 1 is 1.62 bits per heavy atom. The monoisotopic (exact) mass is 220 g/mol. The maximum atomic E-state index is 5.70. The highest BCUT2D eigenvalue weighted by atomic mass is 16.5. The predicted molar refractivity (Wildman–Crippen MR) is 63.3 cm³/mol. The summed E-state index contributed by atoms with van der Waals surface area (Å²) >= 11 is 0. The lowest BCUT2D eigenvalue weighted by atomic mass is 10.3. The van der Waals surface area contributed by atoms with E-state index in [2.05, 4.69) is 21.4 Å². The third kappa shape index (κ3) is 2.30. The molecule has 1 aliphatic heterocycles. The maximum Gasteiger partial charge on any atom is 0.227 e. The Morgan fingerprint density at radius 3 is 3.12 bits per heavy atom. The van der Waals surface area contributed by atoms with E-state index < -0.39 is 0 Å². The van der Waals surface area contributed by atoms with E-state index >= 15 is 0 Å². The van der Waals surface area contributed by atoms with Gasteiger partial charge in [0.2, 0.25) is 5.95 Å². The van der Waals surface area contributed by atoms with Crippen LogP contribution in [-0.4, -0.2) is 35.8 Å². The average Bonchev–Trinajstić information content (AvgIpc) is 2.28. The van der Waals surface area contributed by atoms with Crippen molar-refractivity contribution in [3.63, 3.8) is 0 Å². The second kappa shape index (κ2) is 4.49. The van der Waals surface area contributed by atoms with Crippen molar-refractivity contribution in [2.24, 2.45) is 0 Å². The number of hydrogen-bond acceptors (Lipinski definition) is 5. The number of hydrogen-bond donors (Lipinski definition) is 1. The van der Waals surface area contributed by atoms with Crippen LogP contribution in [0.4, 0.5) is 11.8 Å².